The summed E-state index contributed by atoms with van der Waals surface area (Å²) in [6.07, 6.45) is 5.57. The van der Waals surface area contributed by atoms with Crippen molar-refractivity contribution in [1.29, 1.82) is 0 Å². The molecule has 0 N–H and O–H groups in total. The average Bonchev–Trinajstić information content (AvgIpc) is 2.46. The predicted octanol–water partition coefficient (Wildman–Crippen LogP) is 4.08. The maximum absolute atomic E-state index is 13.4. The molecule has 0 saturated carbocycles. The number of methoxy groups -OCH3 is 1. The van der Waals surface area contributed by atoms with Gasteiger partial charge in [0.25, 0.3) is 0 Å². The lowest BCUT2D eigenvalue weighted by atomic mass is 9.84. The Balaban J connectivity index is 1.83. The average molecular weight is 294 g/mol. The Morgan fingerprint density at radius 1 is 1.30 bits per heavy atom. The van der Waals surface area contributed by atoms with E-state index in [4.69, 9.17) is 4.74 Å². The number of carbonyl (C=O) groups excluding carboxylic acids is 1. The smallest absolute Gasteiger partial charge is 0.169 e. The first kappa shape index (κ1) is 13.9. The van der Waals surface area contributed by atoms with Crippen LogP contribution in [-0.2, 0) is 0 Å². The lowest BCUT2D eigenvalue weighted by Crippen LogP contribution is -2.33. The van der Waals surface area contributed by atoms with Crippen LogP contribution in [0.5, 0.6) is 5.75 Å². The summed E-state index contributed by atoms with van der Waals surface area (Å²) >= 11 is 2.05. The van der Waals surface area contributed by atoms with Gasteiger partial charge in [0.1, 0.15) is 11.6 Å². The summed E-state index contributed by atoms with van der Waals surface area (Å²) in [6, 6.07) is 4.20. The van der Waals surface area contributed by atoms with Crippen LogP contribution < -0.4 is 4.74 Å². The van der Waals surface area contributed by atoms with Crippen LogP contribution in [0.2, 0.25) is 0 Å². The number of hydrogen-bond acceptors (Lipinski definition) is 3. The topological polar surface area (TPSA) is 26.3 Å². The van der Waals surface area contributed by atoms with Crippen molar-refractivity contribution in [3.63, 3.8) is 0 Å². The van der Waals surface area contributed by atoms with Crippen molar-refractivity contribution in [2.45, 2.75) is 42.6 Å². The summed E-state index contributed by atoms with van der Waals surface area (Å²) in [7, 11) is 1.52. The number of fused-ring (bicyclic) bond motifs is 2. The van der Waals surface area contributed by atoms with Crippen molar-refractivity contribution in [3.8, 4) is 5.75 Å². The molecule has 2 fully saturated rings. The number of ketones is 1. The fraction of sp³-hybridized carbons (Fsp3) is 0.562. The number of Topliss-reactive ketones (excluding diaryl/α,β-unsaturated/α-hetero) is 1. The number of carbonyl (C=O) groups is 1. The Morgan fingerprint density at radius 2 is 2.00 bits per heavy atom. The predicted molar refractivity (Wildman–Crippen MR) is 79.0 cm³/mol. The van der Waals surface area contributed by atoms with Crippen LogP contribution >= 0.6 is 11.8 Å². The van der Waals surface area contributed by atoms with Gasteiger partial charge in [-0.15, -0.1) is 0 Å². The normalized spacial score (nSPS) is 29.0. The highest BCUT2D eigenvalue weighted by atomic mass is 32.2. The molecule has 2 atom stereocenters. The second-order valence-electron chi connectivity index (χ2n) is 5.69. The molecular formula is C16H19FO2S. The third-order valence-electron chi connectivity index (χ3n) is 4.33. The van der Waals surface area contributed by atoms with Gasteiger partial charge in [-0.2, -0.15) is 11.8 Å². The first-order valence-electron chi connectivity index (χ1n) is 7.20. The van der Waals surface area contributed by atoms with Gasteiger partial charge in [0.2, 0.25) is 0 Å². The molecule has 2 saturated heterocycles. The van der Waals surface area contributed by atoms with Gasteiger partial charge in [0.05, 0.1) is 12.7 Å². The van der Waals surface area contributed by atoms with Gasteiger partial charge in [-0.05, 0) is 43.9 Å². The molecule has 2 bridgehead atoms. The molecule has 2 heterocycles. The van der Waals surface area contributed by atoms with Crippen LogP contribution in [0, 0.1) is 11.7 Å². The van der Waals surface area contributed by atoms with Gasteiger partial charge in [-0.25, -0.2) is 4.39 Å². The Bertz CT molecular complexity index is 505. The molecule has 0 radical (unpaired) electrons. The van der Waals surface area contributed by atoms with Crippen molar-refractivity contribution in [3.05, 3.63) is 29.6 Å². The number of ether oxygens (including phenoxy) is 1. The highest BCUT2D eigenvalue weighted by molar-refractivity contribution is 8.00. The molecule has 0 aromatic heterocycles. The van der Waals surface area contributed by atoms with Crippen molar-refractivity contribution in [1.82, 2.24) is 0 Å². The highest BCUT2D eigenvalue weighted by Crippen LogP contribution is 2.45. The summed E-state index contributed by atoms with van der Waals surface area (Å²) in [4.78, 5) is 12.7. The fourth-order valence-corrected chi connectivity index (χ4v) is 5.20. The zero-order valence-electron chi connectivity index (χ0n) is 11.6. The van der Waals surface area contributed by atoms with Gasteiger partial charge < -0.3 is 4.74 Å². The molecule has 20 heavy (non-hydrogen) atoms. The Labute approximate surface area is 123 Å². The maximum atomic E-state index is 13.4. The SMILES string of the molecule is COc1ccc(F)cc1C(=O)C1CC2CCCC(C1)S2. The van der Waals surface area contributed by atoms with Gasteiger partial charge in [-0.1, -0.05) is 6.42 Å². The molecule has 4 heteroatoms. The van der Waals surface area contributed by atoms with E-state index in [1.165, 1.54) is 38.5 Å². The summed E-state index contributed by atoms with van der Waals surface area (Å²) in [5.74, 6) is 0.195. The largest absolute Gasteiger partial charge is 0.496 e. The van der Waals surface area contributed by atoms with E-state index < -0.39 is 0 Å². The summed E-state index contributed by atoms with van der Waals surface area (Å²) < 4.78 is 18.6. The van der Waals surface area contributed by atoms with Crippen molar-refractivity contribution in [2.75, 3.05) is 7.11 Å². The zero-order valence-corrected chi connectivity index (χ0v) is 12.4. The Kier molecular flexibility index (Phi) is 4.01. The highest BCUT2D eigenvalue weighted by Gasteiger charge is 2.36. The lowest BCUT2D eigenvalue weighted by molar-refractivity contribution is 0.0893. The molecule has 2 unspecified atom stereocenters. The third kappa shape index (κ3) is 2.71. The van der Waals surface area contributed by atoms with Crippen LogP contribution in [0.3, 0.4) is 0 Å². The molecule has 0 spiro atoms. The second kappa shape index (κ2) is 5.76. The Hall–Kier alpha value is -1.03. The van der Waals surface area contributed by atoms with Crippen molar-refractivity contribution in [2.24, 2.45) is 5.92 Å². The van der Waals surface area contributed by atoms with E-state index in [0.717, 1.165) is 12.8 Å². The number of hydrogen-bond donors (Lipinski definition) is 0. The maximum Gasteiger partial charge on any atom is 0.169 e. The third-order valence-corrected chi connectivity index (χ3v) is 5.96. The Morgan fingerprint density at radius 3 is 2.65 bits per heavy atom. The van der Waals surface area contributed by atoms with Crippen LogP contribution in [0.4, 0.5) is 4.39 Å². The summed E-state index contributed by atoms with van der Waals surface area (Å²) in [6.45, 7) is 0. The first-order valence-corrected chi connectivity index (χ1v) is 8.15. The zero-order chi connectivity index (χ0) is 14.1. The standard InChI is InChI=1S/C16H19FO2S/c1-19-15-6-5-11(17)9-14(15)16(18)10-7-12-3-2-4-13(8-10)20-12/h5-6,9-10,12-13H,2-4,7-8H2,1H3. The van der Waals surface area contributed by atoms with E-state index >= 15 is 0 Å². The van der Waals surface area contributed by atoms with E-state index in [1.54, 1.807) is 6.07 Å². The second-order valence-corrected chi connectivity index (χ2v) is 7.29. The van der Waals surface area contributed by atoms with Crippen LogP contribution in [0.25, 0.3) is 0 Å². The van der Waals surface area contributed by atoms with Gasteiger partial charge >= 0.3 is 0 Å². The monoisotopic (exact) mass is 294 g/mol. The molecule has 0 aliphatic carbocycles. The van der Waals surface area contributed by atoms with E-state index in [-0.39, 0.29) is 17.5 Å². The molecule has 3 rings (SSSR count). The van der Waals surface area contributed by atoms with Gasteiger partial charge in [0, 0.05) is 16.4 Å². The van der Waals surface area contributed by atoms with Crippen molar-refractivity contribution >= 4 is 17.5 Å². The minimum absolute atomic E-state index is 0.0299. The number of benzene rings is 1. The van der Waals surface area contributed by atoms with E-state index in [1.807, 2.05) is 11.8 Å². The van der Waals surface area contributed by atoms with E-state index in [2.05, 4.69) is 0 Å². The minimum atomic E-state index is -0.375. The number of halogens is 1. The lowest BCUT2D eigenvalue weighted by Gasteiger charge is -2.38. The molecule has 2 aliphatic rings. The molecule has 1 aromatic carbocycles. The fourth-order valence-electron chi connectivity index (χ4n) is 3.37. The summed E-state index contributed by atoms with van der Waals surface area (Å²) in [5.41, 5.74) is 0.405. The molecular weight excluding hydrogens is 275 g/mol. The molecule has 108 valence electrons. The summed E-state index contributed by atoms with van der Waals surface area (Å²) in [5, 5.41) is 1.21. The molecule has 2 aliphatic heterocycles. The van der Waals surface area contributed by atoms with E-state index in [9.17, 15) is 9.18 Å². The van der Waals surface area contributed by atoms with Gasteiger partial charge in [-0.3, -0.25) is 4.79 Å². The molecule has 0 amide bonds. The molecule has 2 nitrogen and oxygen atoms in total. The quantitative estimate of drug-likeness (QED) is 0.786. The van der Waals surface area contributed by atoms with Crippen LogP contribution in [0.15, 0.2) is 18.2 Å². The minimum Gasteiger partial charge on any atom is -0.496 e. The van der Waals surface area contributed by atoms with Crippen LogP contribution in [-0.4, -0.2) is 23.4 Å². The number of thioether (sulfide) groups is 1. The van der Waals surface area contributed by atoms with Gasteiger partial charge in [0.15, 0.2) is 5.78 Å². The first-order chi connectivity index (χ1) is 9.67. The van der Waals surface area contributed by atoms with Crippen LogP contribution in [0.1, 0.15) is 42.5 Å². The van der Waals surface area contributed by atoms with Crippen molar-refractivity contribution < 1.29 is 13.9 Å². The molecule has 1 aromatic rings. The van der Waals surface area contributed by atoms with E-state index in [0.29, 0.717) is 21.8 Å². The number of rotatable bonds is 3.